The van der Waals surface area contributed by atoms with Crippen molar-refractivity contribution in [3.8, 4) is 0 Å². The van der Waals surface area contributed by atoms with Crippen molar-refractivity contribution in [1.29, 1.82) is 0 Å². The van der Waals surface area contributed by atoms with Crippen LogP contribution in [0, 0.1) is 0 Å². The highest BCUT2D eigenvalue weighted by atomic mass is 35.5. The Kier molecular flexibility index (Phi) is 4.21. The number of rotatable bonds is 4. The van der Waals surface area contributed by atoms with Crippen molar-refractivity contribution >= 4 is 29.0 Å². The number of Topliss-reactive ketones (excluding diaryl/α,β-unsaturated/α-hetero) is 1. The van der Waals surface area contributed by atoms with Crippen LogP contribution in [0.25, 0.3) is 0 Å². The fourth-order valence-electron chi connectivity index (χ4n) is 2.13. The molecule has 0 unspecified atom stereocenters. The molecule has 1 aromatic carbocycles. The minimum atomic E-state index is -0.546. The van der Waals surface area contributed by atoms with Gasteiger partial charge in [-0.2, -0.15) is 0 Å². The number of carbonyl (C=O) groups excluding carboxylic acids is 2. The lowest BCUT2D eigenvalue weighted by molar-refractivity contribution is -0.114. The highest BCUT2D eigenvalue weighted by molar-refractivity contribution is 6.54. The van der Waals surface area contributed by atoms with Crippen molar-refractivity contribution in [2.45, 2.75) is 26.3 Å². The quantitative estimate of drug-likeness (QED) is 0.687. The summed E-state index contributed by atoms with van der Waals surface area (Å²) < 4.78 is 0. The first kappa shape index (κ1) is 15.7. The summed E-state index contributed by atoms with van der Waals surface area (Å²) in [5.41, 5.74) is 1.64. The molecule has 2 rings (SSSR count). The molecule has 1 aliphatic heterocycles. The van der Waals surface area contributed by atoms with Crippen LogP contribution >= 0.6 is 11.6 Å². The van der Waals surface area contributed by atoms with Gasteiger partial charge in [-0.05, 0) is 38.5 Å². The predicted molar refractivity (Wildman–Crippen MR) is 85.0 cm³/mol. The molecule has 0 aliphatic carbocycles. The Hall–Kier alpha value is -1.65. The van der Waals surface area contributed by atoms with Gasteiger partial charge >= 0.3 is 0 Å². The van der Waals surface area contributed by atoms with Gasteiger partial charge in [-0.1, -0.05) is 24.2 Å². The van der Waals surface area contributed by atoms with Gasteiger partial charge in [0.25, 0.3) is 11.7 Å². The van der Waals surface area contributed by atoms with Crippen LogP contribution < -0.4 is 10.2 Å². The average molecular weight is 307 g/mol. The van der Waals surface area contributed by atoms with E-state index in [2.05, 4.69) is 32.7 Å². The molecule has 21 heavy (non-hydrogen) atoms. The van der Waals surface area contributed by atoms with E-state index in [1.807, 2.05) is 0 Å². The summed E-state index contributed by atoms with van der Waals surface area (Å²) in [4.78, 5) is 25.5. The van der Waals surface area contributed by atoms with Gasteiger partial charge in [-0.3, -0.25) is 14.5 Å². The van der Waals surface area contributed by atoms with Gasteiger partial charge in [0.2, 0.25) is 0 Å². The number of halogens is 1. The Morgan fingerprint density at radius 1 is 1.33 bits per heavy atom. The zero-order valence-electron chi connectivity index (χ0n) is 12.5. The average Bonchev–Trinajstić information content (AvgIpc) is 2.62. The van der Waals surface area contributed by atoms with Gasteiger partial charge in [-0.15, -0.1) is 0 Å². The molecule has 4 nitrogen and oxygen atoms in total. The monoisotopic (exact) mass is 306 g/mol. The first-order valence-corrected chi connectivity index (χ1v) is 7.15. The molecule has 0 saturated heterocycles. The van der Waals surface area contributed by atoms with Gasteiger partial charge in [0.1, 0.15) is 0 Å². The molecule has 1 heterocycles. The van der Waals surface area contributed by atoms with Crippen LogP contribution in [-0.4, -0.2) is 30.3 Å². The molecule has 0 saturated carbocycles. The second-order valence-corrected chi connectivity index (χ2v) is 6.62. The maximum absolute atomic E-state index is 12.1. The fraction of sp³-hybridized carbons (Fsp3) is 0.375. The van der Waals surface area contributed by atoms with E-state index in [0.29, 0.717) is 22.8 Å². The number of hydrogen-bond acceptors (Lipinski definition) is 3. The van der Waals surface area contributed by atoms with Crippen LogP contribution in [0.3, 0.4) is 0 Å². The summed E-state index contributed by atoms with van der Waals surface area (Å²) in [5.74, 6) is -1.06. The molecule has 0 radical (unpaired) electrons. The molecule has 1 aromatic rings. The summed E-state index contributed by atoms with van der Waals surface area (Å²) in [5, 5.41) is 3.71. The molecule has 112 valence electrons. The summed E-state index contributed by atoms with van der Waals surface area (Å²) in [6, 6.07) is 4.97. The Labute approximate surface area is 129 Å². The van der Waals surface area contributed by atoms with Crippen molar-refractivity contribution in [3.05, 3.63) is 40.9 Å². The number of amides is 1. The normalized spacial score (nSPS) is 14.6. The Balaban J connectivity index is 2.17. The lowest BCUT2D eigenvalue weighted by Gasteiger charge is -2.24. The third kappa shape index (κ3) is 3.34. The number of para-hydroxylation sites is 1. The molecule has 0 atom stereocenters. The number of hydrogen-bond donors (Lipinski definition) is 1. The van der Waals surface area contributed by atoms with Crippen LogP contribution in [0.15, 0.2) is 30.4 Å². The van der Waals surface area contributed by atoms with Crippen LogP contribution in [0.4, 0.5) is 5.69 Å². The van der Waals surface area contributed by atoms with Gasteiger partial charge in [0.05, 0.1) is 16.3 Å². The van der Waals surface area contributed by atoms with Gasteiger partial charge < -0.3 is 5.32 Å². The molecule has 0 bridgehead atoms. The smallest absolute Gasteiger partial charge is 0.299 e. The van der Waals surface area contributed by atoms with Crippen molar-refractivity contribution in [2.24, 2.45) is 0 Å². The lowest BCUT2D eigenvalue weighted by Crippen LogP contribution is -2.39. The second kappa shape index (κ2) is 5.62. The molecule has 0 spiro atoms. The third-order valence-electron chi connectivity index (χ3n) is 3.19. The number of benzene rings is 1. The topological polar surface area (TPSA) is 49.4 Å². The maximum Gasteiger partial charge on any atom is 0.299 e. The molecule has 1 aliphatic rings. The summed E-state index contributed by atoms with van der Waals surface area (Å²) in [6.07, 6.45) is 0. The van der Waals surface area contributed by atoms with E-state index in [9.17, 15) is 9.59 Å². The van der Waals surface area contributed by atoms with E-state index >= 15 is 0 Å². The Bertz CT molecular complexity index is 617. The van der Waals surface area contributed by atoms with E-state index in [1.54, 1.807) is 18.2 Å². The predicted octanol–water partition coefficient (Wildman–Crippen LogP) is 2.81. The standard InChI is InChI=1S/C16H19ClN2O2/c1-10(8-18-16(2,3)4)9-19-13-11(14(20)15(19)21)6-5-7-12(13)17/h5-7,18H,1,8-9H2,2-4H3. The largest absolute Gasteiger partial charge is 0.308 e. The highest BCUT2D eigenvalue weighted by Crippen LogP contribution is 2.35. The second-order valence-electron chi connectivity index (χ2n) is 6.21. The molecule has 0 aromatic heterocycles. The van der Waals surface area contributed by atoms with Gasteiger partial charge in [0, 0.05) is 18.6 Å². The van der Waals surface area contributed by atoms with Crippen LogP contribution in [0.2, 0.25) is 5.02 Å². The van der Waals surface area contributed by atoms with E-state index in [1.165, 1.54) is 4.90 Å². The number of nitrogens with zero attached hydrogens (tertiary/aromatic N) is 1. The number of nitrogens with one attached hydrogen (secondary N) is 1. The zero-order chi connectivity index (χ0) is 15.8. The number of anilines is 1. The zero-order valence-corrected chi connectivity index (χ0v) is 13.3. The summed E-state index contributed by atoms with van der Waals surface area (Å²) in [6.45, 7) is 11.0. The molecule has 5 heteroatoms. The minimum absolute atomic E-state index is 0.0384. The molecular weight excluding hydrogens is 288 g/mol. The van der Waals surface area contributed by atoms with Crippen molar-refractivity contribution in [2.75, 3.05) is 18.0 Å². The molecule has 1 amide bonds. The molecular formula is C16H19ClN2O2. The number of ketones is 1. The lowest BCUT2D eigenvalue weighted by atomic mass is 10.1. The van der Waals surface area contributed by atoms with E-state index < -0.39 is 11.7 Å². The number of fused-ring (bicyclic) bond motifs is 1. The first-order valence-electron chi connectivity index (χ1n) is 6.77. The third-order valence-corrected chi connectivity index (χ3v) is 3.50. The highest BCUT2D eigenvalue weighted by Gasteiger charge is 2.37. The Morgan fingerprint density at radius 2 is 2.00 bits per heavy atom. The van der Waals surface area contributed by atoms with Gasteiger partial charge in [0.15, 0.2) is 0 Å². The van der Waals surface area contributed by atoms with Crippen LogP contribution in [0.1, 0.15) is 31.1 Å². The molecule has 1 N–H and O–H groups in total. The van der Waals surface area contributed by atoms with Crippen LogP contribution in [0.5, 0.6) is 0 Å². The van der Waals surface area contributed by atoms with E-state index in [-0.39, 0.29) is 12.1 Å². The molecule has 0 fully saturated rings. The van der Waals surface area contributed by atoms with Crippen molar-refractivity contribution in [3.63, 3.8) is 0 Å². The van der Waals surface area contributed by atoms with Crippen molar-refractivity contribution in [1.82, 2.24) is 5.32 Å². The van der Waals surface area contributed by atoms with Crippen LogP contribution in [-0.2, 0) is 4.79 Å². The summed E-state index contributed by atoms with van der Waals surface area (Å²) >= 11 is 6.14. The van der Waals surface area contributed by atoms with E-state index in [4.69, 9.17) is 11.6 Å². The minimum Gasteiger partial charge on any atom is -0.308 e. The fourth-order valence-corrected chi connectivity index (χ4v) is 2.41. The Morgan fingerprint density at radius 3 is 2.62 bits per heavy atom. The first-order chi connectivity index (χ1) is 9.70. The van der Waals surface area contributed by atoms with Crippen molar-refractivity contribution < 1.29 is 9.59 Å². The summed E-state index contributed by atoms with van der Waals surface area (Å²) in [7, 11) is 0. The SMILES string of the molecule is C=C(CNC(C)(C)C)CN1C(=O)C(=O)c2cccc(Cl)c21. The maximum atomic E-state index is 12.1. The van der Waals surface area contributed by atoms with E-state index in [0.717, 1.165) is 5.57 Å². The van der Waals surface area contributed by atoms with Gasteiger partial charge in [-0.25, -0.2) is 0 Å². The number of carbonyl (C=O) groups is 2.